The maximum absolute atomic E-state index is 13.8. The largest absolute Gasteiger partial charge is 0.388 e. The second kappa shape index (κ2) is 9.41. The van der Waals surface area contributed by atoms with Crippen LogP contribution in [0.3, 0.4) is 0 Å². The number of carbonyl (C=O) groups is 1. The number of sulfonamides is 1. The first-order valence-electron chi connectivity index (χ1n) is 11.4. The monoisotopic (exact) mass is 533 g/mol. The second-order valence-electron chi connectivity index (χ2n) is 8.88. The molecule has 0 radical (unpaired) electrons. The van der Waals surface area contributed by atoms with Crippen LogP contribution < -0.4 is 10.9 Å². The molecule has 2 atom stereocenters. The molecule has 1 aromatic carbocycles. The van der Waals surface area contributed by atoms with E-state index in [-0.39, 0.29) is 50.7 Å². The van der Waals surface area contributed by atoms with E-state index in [9.17, 15) is 27.5 Å². The lowest BCUT2D eigenvalue weighted by molar-refractivity contribution is -0.175. The molecule has 0 bridgehead atoms. The Labute approximate surface area is 210 Å². The molecule has 0 saturated carbocycles. The summed E-state index contributed by atoms with van der Waals surface area (Å²) >= 11 is 0. The zero-order chi connectivity index (χ0) is 26.4. The molecule has 2 aromatic heterocycles. The van der Waals surface area contributed by atoms with E-state index in [2.05, 4.69) is 20.4 Å². The standard InChI is InChI=1S/C22H24FN7O6S/c1-37(34,35)28-5-4-22(18(31)11-28)21-27-16(9-19(32)29(21)6-7-36-22)20(33)25-10-14-2-3-15(23)8-17(14)30-13-24-12-26-30/h2-3,8-9,12-13,18,31H,4-7,10-11H2,1H3,(H,25,33). The molecule has 15 heteroatoms. The quantitative estimate of drug-likeness (QED) is 0.425. The number of amides is 1. The maximum atomic E-state index is 13.8. The Hall–Kier alpha value is -3.53. The zero-order valence-corrected chi connectivity index (χ0v) is 20.6. The number of hydrogen-bond donors (Lipinski definition) is 2. The number of rotatable bonds is 5. The van der Waals surface area contributed by atoms with Gasteiger partial charge in [-0.2, -0.15) is 9.40 Å². The van der Waals surface area contributed by atoms with Crippen molar-refractivity contribution < 1.29 is 27.4 Å². The Morgan fingerprint density at radius 3 is 2.84 bits per heavy atom. The van der Waals surface area contributed by atoms with Crippen molar-refractivity contribution in [3.8, 4) is 5.69 Å². The van der Waals surface area contributed by atoms with Crippen LogP contribution in [0.2, 0.25) is 0 Å². The Balaban J connectivity index is 1.42. The summed E-state index contributed by atoms with van der Waals surface area (Å²) in [6.07, 6.45) is 2.48. The molecule has 13 nitrogen and oxygen atoms in total. The fourth-order valence-corrected chi connectivity index (χ4v) is 5.50. The summed E-state index contributed by atoms with van der Waals surface area (Å²) in [5.41, 5.74) is -1.21. The van der Waals surface area contributed by atoms with Crippen molar-refractivity contribution in [1.82, 2.24) is 33.9 Å². The third kappa shape index (κ3) is 4.66. The average molecular weight is 534 g/mol. The van der Waals surface area contributed by atoms with Crippen molar-refractivity contribution in [2.75, 3.05) is 26.0 Å². The number of halogens is 1. The number of ether oxygens (including phenoxy) is 1. The van der Waals surface area contributed by atoms with Gasteiger partial charge in [0.2, 0.25) is 10.0 Å². The van der Waals surface area contributed by atoms with E-state index >= 15 is 0 Å². The second-order valence-corrected chi connectivity index (χ2v) is 10.9. The molecule has 196 valence electrons. The summed E-state index contributed by atoms with van der Waals surface area (Å²) in [5.74, 6) is -1.09. The number of aliphatic hydroxyl groups excluding tert-OH is 1. The van der Waals surface area contributed by atoms with Gasteiger partial charge in [0.15, 0.2) is 5.60 Å². The van der Waals surface area contributed by atoms with Crippen LogP contribution in [-0.2, 0) is 33.5 Å². The van der Waals surface area contributed by atoms with Crippen LogP contribution in [0.25, 0.3) is 5.69 Å². The molecule has 37 heavy (non-hydrogen) atoms. The Kier molecular flexibility index (Phi) is 6.39. The minimum Gasteiger partial charge on any atom is -0.388 e. The highest BCUT2D eigenvalue weighted by molar-refractivity contribution is 7.88. The molecule has 1 saturated heterocycles. The molecular formula is C22H24FN7O6S. The Morgan fingerprint density at radius 1 is 1.32 bits per heavy atom. The van der Waals surface area contributed by atoms with Crippen molar-refractivity contribution >= 4 is 15.9 Å². The normalized spacial score (nSPS) is 22.1. The molecule has 4 heterocycles. The number of nitrogens with zero attached hydrogens (tertiary/aromatic N) is 6. The fourth-order valence-electron chi connectivity index (χ4n) is 4.66. The van der Waals surface area contributed by atoms with Crippen LogP contribution in [0.4, 0.5) is 4.39 Å². The number of fused-ring (bicyclic) bond motifs is 2. The summed E-state index contributed by atoms with van der Waals surface area (Å²) in [4.78, 5) is 34.2. The third-order valence-electron chi connectivity index (χ3n) is 6.56. The van der Waals surface area contributed by atoms with Crippen molar-refractivity contribution in [2.24, 2.45) is 0 Å². The highest BCUT2D eigenvalue weighted by atomic mass is 32.2. The van der Waals surface area contributed by atoms with E-state index in [0.717, 1.165) is 16.6 Å². The van der Waals surface area contributed by atoms with E-state index in [0.29, 0.717) is 11.3 Å². The van der Waals surface area contributed by atoms with Crippen molar-refractivity contribution in [2.45, 2.75) is 31.2 Å². The van der Waals surface area contributed by atoms with Crippen molar-refractivity contribution in [1.29, 1.82) is 0 Å². The summed E-state index contributed by atoms with van der Waals surface area (Å²) < 4.78 is 47.5. The van der Waals surface area contributed by atoms with Gasteiger partial charge in [0.05, 0.1) is 25.1 Å². The molecule has 2 aliphatic rings. The third-order valence-corrected chi connectivity index (χ3v) is 7.83. The van der Waals surface area contributed by atoms with Gasteiger partial charge in [0.1, 0.15) is 36.1 Å². The molecule has 1 spiro atoms. The summed E-state index contributed by atoms with van der Waals surface area (Å²) in [5, 5.41) is 17.6. The number of β-amino-alcohol motifs (C(OH)–C–C–N with tert-alkyl or cyclic N) is 1. The predicted octanol–water partition coefficient (Wildman–Crippen LogP) is -0.855. The van der Waals surface area contributed by atoms with Crippen molar-refractivity contribution in [3.05, 3.63) is 70.2 Å². The van der Waals surface area contributed by atoms with Gasteiger partial charge in [-0.1, -0.05) is 6.07 Å². The average Bonchev–Trinajstić information content (AvgIpc) is 3.39. The topological polar surface area (TPSA) is 162 Å². The van der Waals surface area contributed by atoms with E-state index in [1.54, 1.807) is 0 Å². The molecule has 3 aromatic rings. The summed E-state index contributed by atoms with van der Waals surface area (Å²) in [6.45, 7) is 0.0798. The van der Waals surface area contributed by atoms with E-state index in [1.807, 2.05) is 0 Å². The lowest BCUT2D eigenvalue weighted by atomic mass is 9.87. The predicted molar refractivity (Wildman–Crippen MR) is 126 cm³/mol. The molecule has 2 unspecified atom stereocenters. The van der Waals surface area contributed by atoms with E-state index in [4.69, 9.17) is 4.74 Å². The number of hydrogen-bond acceptors (Lipinski definition) is 9. The van der Waals surface area contributed by atoms with Gasteiger partial charge in [0.25, 0.3) is 11.5 Å². The number of benzene rings is 1. The lowest BCUT2D eigenvalue weighted by Gasteiger charge is -2.46. The first-order valence-corrected chi connectivity index (χ1v) is 13.2. The first kappa shape index (κ1) is 25.1. The first-order chi connectivity index (χ1) is 17.6. The SMILES string of the molecule is CS(=O)(=O)N1CCC2(OCCn3c2nc(C(=O)NCc2ccc(F)cc2-n2cncn2)cc3=O)C(O)C1. The Bertz CT molecular complexity index is 1510. The zero-order valence-electron chi connectivity index (χ0n) is 19.7. The highest BCUT2D eigenvalue weighted by Gasteiger charge is 2.51. The maximum Gasteiger partial charge on any atom is 0.270 e. The summed E-state index contributed by atoms with van der Waals surface area (Å²) in [7, 11) is -3.55. The van der Waals surface area contributed by atoms with Crippen LogP contribution >= 0.6 is 0 Å². The van der Waals surface area contributed by atoms with Crippen LogP contribution in [0.15, 0.2) is 41.7 Å². The molecule has 5 rings (SSSR count). The molecular weight excluding hydrogens is 509 g/mol. The van der Waals surface area contributed by atoms with Gasteiger partial charge in [0, 0.05) is 32.1 Å². The molecule has 1 amide bonds. The summed E-state index contributed by atoms with van der Waals surface area (Å²) in [6, 6.07) is 5.09. The molecule has 1 fully saturated rings. The van der Waals surface area contributed by atoms with Gasteiger partial charge in [-0.3, -0.25) is 14.2 Å². The minimum atomic E-state index is -3.55. The fraction of sp³-hybridized carbons (Fsp3) is 0.409. The van der Waals surface area contributed by atoms with Crippen LogP contribution in [0, 0.1) is 5.82 Å². The van der Waals surface area contributed by atoms with Gasteiger partial charge in [-0.05, 0) is 17.7 Å². The smallest absolute Gasteiger partial charge is 0.270 e. The van der Waals surface area contributed by atoms with E-state index < -0.39 is 39.0 Å². The number of nitrogens with one attached hydrogen (secondary N) is 1. The molecule has 0 aliphatic carbocycles. The van der Waals surface area contributed by atoms with Gasteiger partial charge in [-0.25, -0.2) is 27.5 Å². The lowest BCUT2D eigenvalue weighted by Crippen LogP contribution is -2.60. The van der Waals surface area contributed by atoms with Crippen LogP contribution in [0.5, 0.6) is 0 Å². The van der Waals surface area contributed by atoms with Gasteiger partial charge >= 0.3 is 0 Å². The van der Waals surface area contributed by atoms with Crippen LogP contribution in [0.1, 0.15) is 28.3 Å². The highest BCUT2D eigenvalue weighted by Crippen LogP contribution is 2.38. The number of aliphatic hydroxyl groups is 1. The number of carbonyl (C=O) groups excluding carboxylic acids is 1. The number of aromatic nitrogens is 5. The Morgan fingerprint density at radius 2 is 2.14 bits per heavy atom. The minimum absolute atomic E-state index is 0.0258. The van der Waals surface area contributed by atoms with Crippen molar-refractivity contribution in [3.63, 3.8) is 0 Å². The van der Waals surface area contributed by atoms with E-state index in [1.165, 1.54) is 40.1 Å². The number of piperidine rings is 1. The molecule has 2 N–H and O–H groups in total. The molecule has 2 aliphatic heterocycles. The van der Waals surface area contributed by atoms with Crippen LogP contribution in [-0.4, -0.2) is 80.1 Å². The van der Waals surface area contributed by atoms with Gasteiger partial charge < -0.3 is 15.2 Å². The van der Waals surface area contributed by atoms with Gasteiger partial charge in [-0.15, -0.1) is 0 Å².